The van der Waals surface area contributed by atoms with Crippen molar-refractivity contribution < 1.29 is 28.6 Å². The van der Waals surface area contributed by atoms with Gasteiger partial charge in [-0.1, -0.05) is 285 Å². The Balaban J connectivity index is 4.29. The maximum absolute atomic E-state index is 12.8. The summed E-state index contributed by atoms with van der Waals surface area (Å²) in [6, 6.07) is 0. The normalized spacial score (nSPS) is 12.4. The Kier molecular flexibility index (Phi) is 50.1. The number of hydrogen-bond acceptors (Lipinski definition) is 6. The molecular weight excluding hydrogens is 781 g/mol. The zero-order valence-corrected chi connectivity index (χ0v) is 43.0. The number of carbonyl (C=O) groups is 3. The fraction of sp³-hybridized carbons (Fsp3) is 0.947. The van der Waals surface area contributed by atoms with Gasteiger partial charge < -0.3 is 14.2 Å². The predicted octanol–water partition coefficient (Wildman–Crippen LogP) is 18.6. The molecule has 0 aromatic rings. The number of carbonyl (C=O) groups excluding carboxylic acids is 3. The fourth-order valence-corrected chi connectivity index (χ4v) is 8.72. The van der Waals surface area contributed by atoms with Gasteiger partial charge in [0.05, 0.1) is 0 Å². The molecule has 0 aromatic heterocycles. The van der Waals surface area contributed by atoms with Crippen molar-refractivity contribution in [3.63, 3.8) is 0 Å². The van der Waals surface area contributed by atoms with Crippen LogP contribution in [-0.4, -0.2) is 37.2 Å². The average Bonchev–Trinajstić information content (AvgIpc) is 3.28. The van der Waals surface area contributed by atoms with Crippen LogP contribution in [0.2, 0.25) is 0 Å². The van der Waals surface area contributed by atoms with Gasteiger partial charge in [0, 0.05) is 19.3 Å². The summed E-state index contributed by atoms with van der Waals surface area (Å²) in [5.41, 5.74) is 0. The summed E-state index contributed by atoms with van der Waals surface area (Å²) in [5.74, 6) is 0.0581. The minimum absolute atomic E-state index is 0.0619. The number of unbranched alkanes of at least 4 members (excludes halogenated alkanes) is 38. The Morgan fingerprint density at radius 2 is 0.556 bits per heavy atom. The molecule has 0 saturated heterocycles. The highest BCUT2D eigenvalue weighted by Crippen LogP contribution is 2.18. The molecule has 1 unspecified atom stereocenters. The lowest BCUT2D eigenvalue weighted by Crippen LogP contribution is -2.30. The van der Waals surface area contributed by atoms with Crippen molar-refractivity contribution in [2.45, 2.75) is 329 Å². The first-order valence-electron chi connectivity index (χ1n) is 28.4. The van der Waals surface area contributed by atoms with Crippen molar-refractivity contribution in [3.8, 4) is 0 Å². The Morgan fingerprint density at radius 1 is 0.317 bits per heavy atom. The van der Waals surface area contributed by atoms with Gasteiger partial charge >= 0.3 is 17.9 Å². The molecule has 0 bridgehead atoms. The molecule has 0 rings (SSSR count). The van der Waals surface area contributed by atoms with E-state index >= 15 is 0 Å². The predicted molar refractivity (Wildman–Crippen MR) is 270 cm³/mol. The van der Waals surface area contributed by atoms with E-state index in [1.54, 1.807) is 0 Å². The van der Waals surface area contributed by atoms with E-state index in [-0.39, 0.29) is 31.1 Å². The highest BCUT2D eigenvalue weighted by Gasteiger charge is 2.19. The smallest absolute Gasteiger partial charge is 0.306 e. The van der Waals surface area contributed by atoms with Crippen molar-refractivity contribution in [1.82, 2.24) is 0 Å². The van der Waals surface area contributed by atoms with Crippen LogP contribution in [0.5, 0.6) is 0 Å². The van der Waals surface area contributed by atoms with Crippen LogP contribution >= 0.6 is 0 Å². The quantitative estimate of drug-likeness (QED) is 0.0344. The zero-order chi connectivity index (χ0) is 45.9. The third kappa shape index (κ3) is 49.7. The van der Waals surface area contributed by atoms with Crippen LogP contribution in [0.25, 0.3) is 0 Å². The van der Waals surface area contributed by atoms with E-state index in [9.17, 15) is 14.4 Å². The van der Waals surface area contributed by atoms with Gasteiger partial charge in [-0.25, -0.2) is 0 Å². The minimum atomic E-state index is -0.761. The van der Waals surface area contributed by atoms with Gasteiger partial charge in [-0.2, -0.15) is 0 Å². The summed E-state index contributed by atoms with van der Waals surface area (Å²) in [5, 5.41) is 0. The van der Waals surface area contributed by atoms with E-state index in [2.05, 4.69) is 27.7 Å². The number of ether oxygens (including phenoxy) is 3. The van der Waals surface area contributed by atoms with Crippen LogP contribution in [0.1, 0.15) is 323 Å². The van der Waals surface area contributed by atoms with E-state index in [4.69, 9.17) is 14.2 Å². The van der Waals surface area contributed by atoms with Crippen LogP contribution in [0, 0.1) is 5.92 Å². The maximum Gasteiger partial charge on any atom is 0.306 e. The van der Waals surface area contributed by atoms with Crippen molar-refractivity contribution in [1.29, 1.82) is 0 Å². The van der Waals surface area contributed by atoms with Gasteiger partial charge in [-0.15, -0.1) is 0 Å². The summed E-state index contributed by atoms with van der Waals surface area (Å²) in [6.07, 6.45) is 55.1. The van der Waals surface area contributed by atoms with E-state index in [1.807, 2.05) is 0 Å². The third-order valence-electron chi connectivity index (χ3n) is 13.4. The standard InChI is InChI=1S/C57H110O6/c1-5-8-10-12-14-16-18-20-25-29-33-37-41-45-49-56(59)62-52-54(51-61-55(58)48-44-40-36-32-28-23-19-17-15-13-11-9-6-2)63-57(60)50-46-42-38-34-30-26-22-21-24-27-31-35-39-43-47-53(4)7-3/h53-54H,5-52H2,1-4H3/t53?,54-/m0/s1. The van der Waals surface area contributed by atoms with Crippen molar-refractivity contribution >= 4 is 17.9 Å². The molecule has 0 saturated carbocycles. The lowest BCUT2D eigenvalue weighted by Gasteiger charge is -2.18. The summed E-state index contributed by atoms with van der Waals surface area (Å²) in [7, 11) is 0. The summed E-state index contributed by atoms with van der Waals surface area (Å²) < 4.78 is 16.9. The highest BCUT2D eigenvalue weighted by atomic mass is 16.6. The van der Waals surface area contributed by atoms with Crippen molar-refractivity contribution in [2.75, 3.05) is 13.2 Å². The molecule has 63 heavy (non-hydrogen) atoms. The molecule has 0 aromatic carbocycles. The molecule has 0 amide bonds. The van der Waals surface area contributed by atoms with Crippen LogP contribution in [0.3, 0.4) is 0 Å². The van der Waals surface area contributed by atoms with Crippen molar-refractivity contribution in [3.05, 3.63) is 0 Å². The average molecular weight is 892 g/mol. The first-order valence-corrected chi connectivity index (χ1v) is 28.4. The summed E-state index contributed by atoms with van der Waals surface area (Å²) in [6.45, 7) is 9.09. The van der Waals surface area contributed by atoms with Gasteiger partial charge in [-0.3, -0.25) is 14.4 Å². The molecular formula is C57H110O6. The number of rotatable bonds is 52. The van der Waals surface area contributed by atoms with Crippen LogP contribution in [0.15, 0.2) is 0 Å². The molecule has 374 valence electrons. The molecule has 2 atom stereocenters. The minimum Gasteiger partial charge on any atom is -0.462 e. The summed E-state index contributed by atoms with van der Waals surface area (Å²) >= 11 is 0. The Hall–Kier alpha value is -1.59. The Bertz CT molecular complexity index is 951. The zero-order valence-electron chi connectivity index (χ0n) is 43.0. The van der Waals surface area contributed by atoms with Gasteiger partial charge in [0.2, 0.25) is 0 Å². The Morgan fingerprint density at radius 3 is 0.825 bits per heavy atom. The van der Waals surface area contributed by atoms with Crippen LogP contribution < -0.4 is 0 Å². The Labute approximate surface area is 393 Å². The molecule has 0 radical (unpaired) electrons. The topological polar surface area (TPSA) is 78.9 Å². The first kappa shape index (κ1) is 61.4. The SMILES string of the molecule is CCCCCCCCCCCCCCCCC(=O)OC[C@H](COC(=O)CCCCCCCCCCCCCCC)OC(=O)CCCCCCCCCCCCCCCCC(C)CC. The van der Waals surface area contributed by atoms with Crippen molar-refractivity contribution in [2.24, 2.45) is 5.92 Å². The van der Waals surface area contributed by atoms with E-state index in [1.165, 1.54) is 218 Å². The van der Waals surface area contributed by atoms with Crippen LogP contribution in [-0.2, 0) is 28.6 Å². The lowest BCUT2D eigenvalue weighted by atomic mass is 9.99. The number of esters is 3. The third-order valence-corrected chi connectivity index (χ3v) is 13.4. The second kappa shape index (κ2) is 51.4. The number of hydrogen-bond donors (Lipinski definition) is 0. The molecule has 0 aliphatic heterocycles. The fourth-order valence-electron chi connectivity index (χ4n) is 8.72. The molecule has 0 aliphatic rings. The van der Waals surface area contributed by atoms with Gasteiger partial charge in [0.25, 0.3) is 0 Å². The molecule has 0 heterocycles. The van der Waals surface area contributed by atoms with E-state index in [0.29, 0.717) is 19.3 Å². The van der Waals surface area contributed by atoms with Gasteiger partial charge in [0.1, 0.15) is 13.2 Å². The maximum atomic E-state index is 12.8. The van der Waals surface area contributed by atoms with Gasteiger partial charge in [-0.05, 0) is 25.2 Å². The van der Waals surface area contributed by atoms with E-state index in [0.717, 1.165) is 63.7 Å². The monoisotopic (exact) mass is 891 g/mol. The highest BCUT2D eigenvalue weighted by molar-refractivity contribution is 5.71. The summed E-state index contributed by atoms with van der Waals surface area (Å²) in [4.78, 5) is 38.1. The molecule has 0 fully saturated rings. The largest absolute Gasteiger partial charge is 0.462 e. The molecule has 0 aliphatic carbocycles. The first-order chi connectivity index (χ1) is 30.9. The molecule has 0 N–H and O–H groups in total. The second-order valence-electron chi connectivity index (χ2n) is 19.8. The van der Waals surface area contributed by atoms with Gasteiger partial charge in [0.15, 0.2) is 6.10 Å². The molecule has 0 spiro atoms. The molecule has 6 nitrogen and oxygen atoms in total. The lowest BCUT2D eigenvalue weighted by molar-refractivity contribution is -0.167. The van der Waals surface area contributed by atoms with Crippen LogP contribution in [0.4, 0.5) is 0 Å². The van der Waals surface area contributed by atoms with E-state index < -0.39 is 6.10 Å². The second-order valence-corrected chi connectivity index (χ2v) is 19.8. The molecule has 6 heteroatoms.